The molecule has 7 nitrogen and oxygen atoms in total. The molecule has 0 bridgehead atoms. The molecule has 1 aromatic heterocycles. The molecule has 0 radical (unpaired) electrons. The molecule has 0 saturated carbocycles. The lowest BCUT2D eigenvalue weighted by molar-refractivity contribution is -0.139. The number of hydrogen-bond acceptors (Lipinski definition) is 5. The second kappa shape index (κ2) is 7.27. The Morgan fingerprint density at radius 2 is 1.96 bits per heavy atom. The van der Waals surface area contributed by atoms with Gasteiger partial charge in [0, 0.05) is 11.4 Å². The van der Waals surface area contributed by atoms with Gasteiger partial charge in [-0.25, -0.2) is 4.79 Å². The summed E-state index contributed by atoms with van der Waals surface area (Å²) < 4.78 is 0. The van der Waals surface area contributed by atoms with E-state index in [1.165, 1.54) is 0 Å². The number of nitrogens with zero attached hydrogens (tertiary/aromatic N) is 2. The molecular formula is C18H20N4O3S. The number of imide groups is 1. The van der Waals surface area contributed by atoms with E-state index >= 15 is 0 Å². The Labute approximate surface area is 155 Å². The second-order valence-electron chi connectivity index (χ2n) is 6.35. The number of urea groups is 1. The zero-order valence-electron chi connectivity index (χ0n) is 14.6. The summed E-state index contributed by atoms with van der Waals surface area (Å²) in [5, 5.41) is 5.38. The van der Waals surface area contributed by atoms with Crippen molar-refractivity contribution in [3.63, 3.8) is 0 Å². The lowest BCUT2D eigenvalue weighted by atomic mass is 9.92. The third-order valence-electron chi connectivity index (χ3n) is 4.20. The molecular weight excluding hydrogens is 352 g/mol. The van der Waals surface area contributed by atoms with E-state index < -0.39 is 23.4 Å². The van der Waals surface area contributed by atoms with E-state index in [1.54, 1.807) is 49.6 Å². The Morgan fingerprint density at radius 1 is 1.23 bits per heavy atom. The van der Waals surface area contributed by atoms with Crippen LogP contribution in [0.4, 0.5) is 4.79 Å². The van der Waals surface area contributed by atoms with Gasteiger partial charge in [-0.2, -0.15) is 5.01 Å². The van der Waals surface area contributed by atoms with Crippen molar-refractivity contribution in [3.8, 4) is 0 Å². The van der Waals surface area contributed by atoms with Crippen LogP contribution < -0.4 is 10.7 Å². The molecule has 136 valence electrons. The fraction of sp³-hybridized carbons (Fsp3) is 0.278. The summed E-state index contributed by atoms with van der Waals surface area (Å²) in [6.45, 7) is 2.31. The minimum atomic E-state index is -1.20. The average Bonchev–Trinajstić information content (AvgIpc) is 3.18. The van der Waals surface area contributed by atoms with Gasteiger partial charge in [0.05, 0.1) is 6.54 Å². The predicted molar refractivity (Wildman–Crippen MR) is 98.0 cm³/mol. The Kier molecular flexibility index (Phi) is 5.06. The monoisotopic (exact) mass is 372 g/mol. The number of carbonyl (C=O) groups is 3. The first-order valence-electron chi connectivity index (χ1n) is 8.13. The van der Waals surface area contributed by atoms with Crippen LogP contribution in [0.5, 0.6) is 0 Å². The number of thiophene rings is 1. The number of benzene rings is 1. The molecule has 2 heterocycles. The number of nitrogens with one attached hydrogen (secondary N) is 2. The quantitative estimate of drug-likeness (QED) is 0.756. The summed E-state index contributed by atoms with van der Waals surface area (Å²) in [7, 11) is 1.80. The third kappa shape index (κ3) is 3.61. The van der Waals surface area contributed by atoms with Crippen molar-refractivity contribution in [2.45, 2.75) is 19.0 Å². The van der Waals surface area contributed by atoms with Crippen molar-refractivity contribution in [1.29, 1.82) is 0 Å². The van der Waals surface area contributed by atoms with Gasteiger partial charge < -0.3 is 5.32 Å². The van der Waals surface area contributed by atoms with Crippen molar-refractivity contribution in [2.75, 3.05) is 13.6 Å². The fourth-order valence-electron chi connectivity index (χ4n) is 2.84. The van der Waals surface area contributed by atoms with Gasteiger partial charge in [0.1, 0.15) is 5.54 Å². The van der Waals surface area contributed by atoms with E-state index in [0.29, 0.717) is 12.1 Å². The van der Waals surface area contributed by atoms with Crippen LogP contribution in [-0.2, 0) is 21.7 Å². The highest BCUT2D eigenvalue weighted by molar-refractivity contribution is 7.09. The van der Waals surface area contributed by atoms with E-state index in [-0.39, 0.29) is 6.54 Å². The van der Waals surface area contributed by atoms with Gasteiger partial charge in [-0.3, -0.25) is 19.9 Å². The van der Waals surface area contributed by atoms with E-state index in [1.807, 2.05) is 28.5 Å². The van der Waals surface area contributed by atoms with Gasteiger partial charge in [-0.05, 0) is 31.0 Å². The van der Waals surface area contributed by atoms with Gasteiger partial charge in [0.2, 0.25) is 0 Å². The van der Waals surface area contributed by atoms with E-state index in [0.717, 1.165) is 9.89 Å². The minimum Gasteiger partial charge on any atom is -0.318 e. The van der Waals surface area contributed by atoms with Gasteiger partial charge in [-0.1, -0.05) is 36.4 Å². The molecule has 2 N–H and O–H groups in total. The highest BCUT2D eigenvalue weighted by atomic mass is 32.1. The van der Waals surface area contributed by atoms with Crippen molar-refractivity contribution in [1.82, 2.24) is 20.7 Å². The van der Waals surface area contributed by atoms with Gasteiger partial charge in [0.15, 0.2) is 0 Å². The molecule has 2 aromatic rings. The smallest absolute Gasteiger partial charge is 0.318 e. The van der Waals surface area contributed by atoms with Crippen LogP contribution in [0.2, 0.25) is 0 Å². The first-order chi connectivity index (χ1) is 12.4. The predicted octanol–water partition coefficient (Wildman–Crippen LogP) is 1.68. The van der Waals surface area contributed by atoms with Crippen molar-refractivity contribution in [3.05, 3.63) is 58.3 Å². The number of carbonyl (C=O) groups excluding carboxylic acids is 3. The fourth-order valence-corrected chi connectivity index (χ4v) is 3.62. The molecule has 1 saturated heterocycles. The molecule has 3 rings (SSSR count). The molecule has 1 aliphatic heterocycles. The highest BCUT2D eigenvalue weighted by Crippen LogP contribution is 2.27. The zero-order chi connectivity index (χ0) is 18.7. The number of amides is 4. The van der Waals surface area contributed by atoms with Crippen LogP contribution in [0.3, 0.4) is 0 Å². The molecule has 0 unspecified atom stereocenters. The summed E-state index contributed by atoms with van der Waals surface area (Å²) >= 11 is 1.61. The summed E-state index contributed by atoms with van der Waals surface area (Å²) in [5.74, 6) is -0.937. The Hall–Kier alpha value is -2.71. The SMILES string of the molecule is CN(CC(=O)NN1C(=O)N[C@](C)(c2ccccc2)C1=O)Cc1cccs1. The number of hydrogen-bond donors (Lipinski definition) is 2. The number of rotatable bonds is 6. The molecule has 0 aliphatic carbocycles. The molecule has 1 aromatic carbocycles. The molecule has 1 atom stereocenters. The van der Waals surface area contributed by atoms with Crippen LogP contribution in [0.15, 0.2) is 47.8 Å². The first kappa shape index (κ1) is 18.1. The van der Waals surface area contributed by atoms with Crippen molar-refractivity contribution in [2.24, 2.45) is 0 Å². The Bertz CT molecular complexity index is 809. The summed E-state index contributed by atoms with van der Waals surface area (Å²) in [6.07, 6.45) is 0. The largest absolute Gasteiger partial charge is 0.344 e. The maximum atomic E-state index is 12.7. The lowest BCUT2D eigenvalue weighted by Gasteiger charge is -2.22. The summed E-state index contributed by atoms with van der Waals surface area (Å²) in [6, 6.07) is 12.2. The second-order valence-corrected chi connectivity index (χ2v) is 7.38. The lowest BCUT2D eigenvalue weighted by Crippen LogP contribution is -2.50. The van der Waals surface area contributed by atoms with E-state index in [4.69, 9.17) is 0 Å². The normalized spacial score (nSPS) is 19.7. The molecule has 1 aliphatic rings. The highest BCUT2D eigenvalue weighted by Gasteiger charge is 2.49. The average molecular weight is 372 g/mol. The van der Waals surface area contributed by atoms with Crippen LogP contribution in [0, 0.1) is 0 Å². The maximum Gasteiger partial charge on any atom is 0.344 e. The summed E-state index contributed by atoms with van der Waals surface area (Å²) in [5.41, 5.74) is 1.87. The maximum absolute atomic E-state index is 12.7. The van der Waals surface area contributed by atoms with Gasteiger partial charge >= 0.3 is 6.03 Å². The number of likely N-dealkylation sites (N-methyl/N-ethyl adjacent to an activating group) is 1. The molecule has 26 heavy (non-hydrogen) atoms. The van der Waals surface area contributed by atoms with Crippen molar-refractivity contribution >= 4 is 29.2 Å². The van der Waals surface area contributed by atoms with Crippen LogP contribution >= 0.6 is 11.3 Å². The Morgan fingerprint density at radius 3 is 2.62 bits per heavy atom. The standard InChI is InChI=1S/C18H20N4O3S/c1-18(13-7-4-3-5-8-13)16(24)22(17(25)19-18)20-15(23)12-21(2)11-14-9-6-10-26-14/h3-10H,11-12H2,1-2H3,(H,19,25)(H,20,23)/t18-/m1/s1. The van der Waals surface area contributed by atoms with Gasteiger partial charge in [-0.15, -0.1) is 11.3 Å². The van der Waals surface area contributed by atoms with Crippen LogP contribution in [0.1, 0.15) is 17.4 Å². The third-order valence-corrected chi connectivity index (χ3v) is 5.06. The topological polar surface area (TPSA) is 81.8 Å². The zero-order valence-corrected chi connectivity index (χ0v) is 15.4. The molecule has 0 spiro atoms. The van der Waals surface area contributed by atoms with Crippen LogP contribution in [0.25, 0.3) is 0 Å². The summed E-state index contributed by atoms with van der Waals surface area (Å²) in [4.78, 5) is 40.2. The van der Waals surface area contributed by atoms with E-state index in [2.05, 4.69) is 10.7 Å². The molecule has 1 fully saturated rings. The molecule has 8 heteroatoms. The van der Waals surface area contributed by atoms with Crippen molar-refractivity contribution < 1.29 is 14.4 Å². The molecule has 4 amide bonds. The van der Waals surface area contributed by atoms with Gasteiger partial charge in [0.25, 0.3) is 11.8 Å². The first-order valence-corrected chi connectivity index (χ1v) is 9.01. The number of hydrazine groups is 1. The minimum absolute atomic E-state index is 0.0665. The Balaban J connectivity index is 1.63. The van der Waals surface area contributed by atoms with E-state index in [9.17, 15) is 14.4 Å². The van der Waals surface area contributed by atoms with Crippen LogP contribution in [-0.4, -0.2) is 41.3 Å².